The summed E-state index contributed by atoms with van der Waals surface area (Å²) in [5.41, 5.74) is 1.08. The summed E-state index contributed by atoms with van der Waals surface area (Å²) in [6, 6.07) is 2.01. The second-order valence-electron chi connectivity index (χ2n) is 5.38. The van der Waals surface area contributed by atoms with E-state index in [2.05, 4.69) is 25.0 Å². The minimum atomic E-state index is -2.54. The molecule has 0 atom stereocenters. The number of aryl methyl sites for hydroxylation is 1. The molecule has 22 heavy (non-hydrogen) atoms. The van der Waals surface area contributed by atoms with Crippen LogP contribution < -0.4 is 4.90 Å². The Bertz CT molecular complexity index is 621. The molecule has 0 aromatic carbocycles. The van der Waals surface area contributed by atoms with E-state index < -0.39 is 6.55 Å². The second kappa shape index (κ2) is 6.35. The Labute approximate surface area is 127 Å². The van der Waals surface area contributed by atoms with E-state index >= 15 is 0 Å². The summed E-state index contributed by atoms with van der Waals surface area (Å²) in [6.07, 6.45) is 4.46. The van der Waals surface area contributed by atoms with E-state index in [1.165, 1.54) is 12.4 Å². The van der Waals surface area contributed by atoms with Crippen molar-refractivity contribution in [3.63, 3.8) is 0 Å². The van der Waals surface area contributed by atoms with Crippen LogP contribution in [0, 0.1) is 6.92 Å². The van der Waals surface area contributed by atoms with Crippen molar-refractivity contribution in [2.24, 2.45) is 0 Å². The highest BCUT2D eigenvalue weighted by Crippen LogP contribution is 2.17. The van der Waals surface area contributed by atoms with Crippen molar-refractivity contribution in [2.75, 3.05) is 31.1 Å². The molecule has 1 fully saturated rings. The SMILES string of the molecule is Cc1cnnc(N2CCN(Cc3nccn3C(F)F)CC2)c1. The van der Waals surface area contributed by atoms with Gasteiger partial charge in [0, 0.05) is 38.6 Å². The molecule has 0 radical (unpaired) electrons. The lowest BCUT2D eigenvalue weighted by molar-refractivity contribution is 0.0636. The van der Waals surface area contributed by atoms with Crippen LogP contribution in [-0.4, -0.2) is 50.8 Å². The molecule has 0 aliphatic carbocycles. The van der Waals surface area contributed by atoms with Gasteiger partial charge in [0.2, 0.25) is 0 Å². The van der Waals surface area contributed by atoms with Gasteiger partial charge in [-0.05, 0) is 18.6 Å². The minimum absolute atomic E-state index is 0.402. The number of halogens is 2. The van der Waals surface area contributed by atoms with Gasteiger partial charge in [0.25, 0.3) is 0 Å². The van der Waals surface area contributed by atoms with Crippen LogP contribution in [0.15, 0.2) is 24.7 Å². The number of nitrogens with zero attached hydrogens (tertiary/aromatic N) is 6. The van der Waals surface area contributed by atoms with E-state index in [0.29, 0.717) is 12.4 Å². The van der Waals surface area contributed by atoms with Crippen LogP contribution in [0.2, 0.25) is 0 Å². The first-order valence-electron chi connectivity index (χ1n) is 7.20. The summed E-state index contributed by atoms with van der Waals surface area (Å²) in [6.45, 7) is 3.04. The summed E-state index contributed by atoms with van der Waals surface area (Å²) in [5, 5.41) is 8.11. The Kier molecular flexibility index (Phi) is 4.28. The molecule has 1 aliphatic rings. The number of hydrogen-bond acceptors (Lipinski definition) is 5. The highest BCUT2D eigenvalue weighted by atomic mass is 19.3. The minimum Gasteiger partial charge on any atom is -0.353 e. The molecule has 0 N–H and O–H groups in total. The Hall–Kier alpha value is -2.09. The summed E-state index contributed by atoms with van der Waals surface area (Å²) in [5.74, 6) is 1.27. The second-order valence-corrected chi connectivity index (χ2v) is 5.38. The van der Waals surface area contributed by atoms with Gasteiger partial charge in [0.15, 0.2) is 5.82 Å². The number of piperazine rings is 1. The van der Waals surface area contributed by atoms with Crippen LogP contribution in [0.3, 0.4) is 0 Å². The maximum absolute atomic E-state index is 12.8. The fraction of sp³-hybridized carbons (Fsp3) is 0.500. The van der Waals surface area contributed by atoms with E-state index in [0.717, 1.165) is 42.1 Å². The summed E-state index contributed by atoms with van der Waals surface area (Å²) in [4.78, 5) is 8.31. The summed E-state index contributed by atoms with van der Waals surface area (Å²) in [7, 11) is 0. The predicted octanol–water partition coefficient (Wildman–Crippen LogP) is 1.70. The van der Waals surface area contributed by atoms with Crippen molar-refractivity contribution in [1.29, 1.82) is 0 Å². The average molecular weight is 308 g/mol. The van der Waals surface area contributed by atoms with Gasteiger partial charge in [-0.1, -0.05) is 0 Å². The molecule has 0 bridgehead atoms. The third kappa shape index (κ3) is 3.22. The average Bonchev–Trinajstić information content (AvgIpc) is 2.96. The molecule has 3 rings (SSSR count). The van der Waals surface area contributed by atoms with Crippen LogP contribution in [0.1, 0.15) is 17.9 Å². The van der Waals surface area contributed by atoms with Gasteiger partial charge in [0.1, 0.15) is 5.82 Å². The number of alkyl halides is 2. The zero-order chi connectivity index (χ0) is 15.5. The van der Waals surface area contributed by atoms with Gasteiger partial charge in [-0.2, -0.15) is 13.9 Å². The molecule has 118 valence electrons. The van der Waals surface area contributed by atoms with E-state index in [1.54, 1.807) is 6.20 Å². The van der Waals surface area contributed by atoms with Crippen molar-refractivity contribution in [3.05, 3.63) is 36.0 Å². The van der Waals surface area contributed by atoms with E-state index in [9.17, 15) is 8.78 Å². The lowest BCUT2D eigenvalue weighted by Gasteiger charge is -2.35. The quantitative estimate of drug-likeness (QED) is 0.860. The molecule has 0 amide bonds. The van der Waals surface area contributed by atoms with Crippen LogP contribution >= 0.6 is 0 Å². The molecule has 1 saturated heterocycles. The maximum atomic E-state index is 12.8. The molecular weight excluding hydrogens is 290 g/mol. The van der Waals surface area contributed by atoms with Crippen LogP contribution in [0.25, 0.3) is 0 Å². The van der Waals surface area contributed by atoms with Gasteiger partial charge in [-0.3, -0.25) is 9.47 Å². The van der Waals surface area contributed by atoms with E-state index in [1.807, 2.05) is 13.0 Å². The fourth-order valence-corrected chi connectivity index (χ4v) is 2.58. The van der Waals surface area contributed by atoms with Crippen molar-refractivity contribution in [1.82, 2.24) is 24.6 Å². The first-order chi connectivity index (χ1) is 10.6. The van der Waals surface area contributed by atoms with Crippen molar-refractivity contribution >= 4 is 5.82 Å². The van der Waals surface area contributed by atoms with Crippen LogP contribution in [0.5, 0.6) is 0 Å². The Morgan fingerprint density at radius 2 is 2.00 bits per heavy atom. The zero-order valence-corrected chi connectivity index (χ0v) is 12.4. The molecule has 0 saturated carbocycles. The highest BCUT2D eigenvalue weighted by Gasteiger charge is 2.21. The van der Waals surface area contributed by atoms with Gasteiger partial charge < -0.3 is 4.90 Å². The van der Waals surface area contributed by atoms with Crippen molar-refractivity contribution in [2.45, 2.75) is 20.0 Å². The largest absolute Gasteiger partial charge is 0.353 e. The van der Waals surface area contributed by atoms with E-state index in [-0.39, 0.29) is 0 Å². The number of rotatable bonds is 4. The zero-order valence-electron chi connectivity index (χ0n) is 12.4. The molecular formula is C14H18F2N6. The third-order valence-electron chi connectivity index (χ3n) is 3.80. The fourth-order valence-electron chi connectivity index (χ4n) is 2.58. The number of imidazole rings is 1. The van der Waals surface area contributed by atoms with E-state index in [4.69, 9.17) is 0 Å². The number of anilines is 1. The maximum Gasteiger partial charge on any atom is 0.319 e. The first-order valence-corrected chi connectivity index (χ1v) is 7.20. The first kappa shape index (κ1) is 14.8. The monoisotopic (exact) mass is 308 g/mol. The Balaban J connectivity index is 1.59. The highest BCUT2D eigenvalue weighted by molar-refractivity contribution is 5.39. The van der Waals surface area contributed by atoms with Crippen LogP contribution in [-0.2, 0) is 6.54 Å². The lowest BCUT2D eigenvalue weighted by atomic mass is 10.2. The normalized spacial score (nSPS) is 16.5. The molecule has 1 aliphatic heterocycles. The Morgan fingerprint density at radius 3 is 2.68 bits per heavy atom. The smallest absolute Gasteiger partial charge is 0.319 e. The number of aromatic nitrogens is 4. The predicted molar refractivity (Wildman–Crippen MR) is 77.7 cm³/mol. The molecule has 3 heterocycles. The molecule has 0 spiro atoms. The van der Waals surface area contributed by atoms with Gasteiger partial charge in [-0.15, -0.1) is 5.10 Å². The lowest BCUT2D eigenvalue weighted by Crippen LogP contribution is -2.46. The number of hydrogen-bond donors (Lipinski definition) is 0. The molecule has 0 unspecified atom stereocenters. The molecule has 8 heteroatoms. The van der Waals surface area contributed by atoms with Crippen molar-refractivity contribution < 1.29 is 8.78 Å². The van der Waals surface area contributed by atoms with Gasteiger partial charge in [-0.25, -0.2) is 4.98 Å². The van der Waals surface area contributed by atoms with Gasteiger partial charge >= 0.3 is 6.55 Å². The van der Waals surface area contributed by atoms with Crippen molar-refractivity contribution in [3.8, 4) is 0 Å². The molecule has 2 aromatic heterocycles. The standard InChI is InChI=1S/C14H18F2N6/c1-11-8-12(19-18-9-11)21-6-4-20(5-7-21)10-13-17-2-3-22(13)14(15)16/h2-3,8-9,14H,4-7,10H2,1H3. The Morgan fingerprint density at radius 1 is 1.23 bits per heavy atom. The topological polar surface area (TPSA) is 50.1 Å². The third-order valence-corrected chi connectivity index (χ3v) is 3.80. The van der Waals surface area contributed by atoms with Gasteiger partial charge in [0.05, 0.1) is 12.7 Å². The molecule has 2 aromatic rings. The molecule has 6 nitrogen and oxygen atoms in total. The summed E-state index contributed by atoms with van der Waals surface area (Å²) < 4.78 is 26.5. The van der Waals surface area contributed by atoms with Crippen LogP contribution in [0.4, 0.5) is 14.6 Å². The summed E-state index contributed by atoms with van der Waals surface area (Å²) >= 11 is 0.